The quantitative estimate of drug-likeness (QED) is 0.839. The van der Waals surface area contributed by atoms with Crippen molar-refractivity contribution in [2.24, 2.45) is 0 Å². The SMILES string of the molecule is c1nc2c(c(N3CCCC3Cn3cncn3)n1)CCC2. The molecule has 0 aromatic carbocycles. The Morgan fingerprint density at radius 3 is 3.05 bits per heavy atom. The van der Waals surface area contributed by atoms with E-state index in [0.29, 0.717) is 6.04 Å². The Hall–Kier alpha value is -1.98. The van der Waals surface area contributed by atoms with Crippen molar-refractivity contribution >= 4 is 5.82 Å². The molecule has 1 fully saturated rings. The average molecular weight is 270 g/mol. The monoisotopic (exact) mass is 270 g/mol. The molecule has 1 aliphatic carbocycles. The predicted octanol–water partition coefficient (Wildman–Crippen LogP) is 1.23. The summed E-state index contributed by atoms with van der Waals surface area (Å²) in [7, 11) is 0. The highest BCUT2D eigenvalue weighted by Crippen LogP contribution is 2.32. The third-order valence-corrected chi connectivity index (χ3v) is 4.37. The van der Waals surface area contributed by atoms with Gasteiger partial charge in [0.25, 0.3) is 0 Å². The molecule has 0 saturated carbocycles. The van der Waals surface area contributed by atoms with Crippen molar-refractivity contribution in [1.29, 1.82) is 0 Å². The van der Waals surface area contributed by atoms with E-state index in [4.69, 9.17) is 0 Å². The summed E-state index contributed by atoms with van der Waals surface area (Å²) in [4.78, 5) is 15.5. The van der Waals surface area contributed by atoms with E-state index in [1.54, 1.807) is 19.0 Å². The minimum Gasteiger partial charge on any atom is -0.351 e. The number of rotatable bonds is 3. The lowest BCUT2D eigenvalue weighted by Gasteiger charge is -2.27. The van der Waals surface area contributed by atoms with E-state index in [0.717, 1.165) is 31.7 Å². The Balaban J connectivity index is 1.62. The van der Waals surface area contributed by atoms with Crippen LogP contribution < -0.4 is 4.90 Å². The Labute approximate surface area is 117 Å². The fourth-order valence-electron chi connectivity index (χ4n) is 3.44. The Morgan fingerprint density at radius 2 is 2.15 bits per heavy atom. The summed E-state index contributed by atoms with van der Waals surface area (Å²) >= 11 is 0. The molecule has 1 unspecified atom stereocenters. The molecule has 2 aliphatic rings. The zero-order valence-corrected chi connectivity index (χ0v) is 11.4. The van der Waals surface area contributed by atoms with Crippen LogP contribution in [0.15, 0.2) is 19.0 Å². The third kappa shape index (κ3) is 1.95. The number of hydrogen-bond acceptors (Lipinski definition) is 5. The van der Waals surface area contributed by atoms with Crippen LogP contribution >= 0.6 is 0 Å². The van der Waals surface area contributed by atoms with Crippen molar-refractivity contribution in [1.82, 2.24) is 24.7 Å². The number of fused-ring (bicyclic) bond motifs is 1. The standard InChI is InChI=1S/C14H18N6/c1-4-12-13(5-1)16-9-17-14(12)20-6-2-3-11(20)7-19-10-15-8-18-19/h8-11H,1-7H2. The van der Waals surface area contributed by atoms with Crippen molar-refractivity contribution in [3.63, 3.8) is 0 Å². The molecular formula is C14H18N6. The maximum Gasteiger partial charge on any atom is 0.137 e. The fourth-order valence-corrected chi connectivity index (χ4v) is 3.44. The topological polar surface area (TPSA) is 59.7 Å². The molecule has 104 valence electrons. The molecule has 0 radical (unpaired) electrons. The minimum atomic E-state index is 0.469. The van der Waals surface area contributed by atoms with Gasteiger partial charge in [0.1, 0.15) is 24.8 Å². The molecule has 0 amide bonds. The summed E-state index contributed by atoms with van der Waals surface area (Å²) in [6.07, 6.45) is 11.0. The lowest BCUT2D eigenvalue weighted by Crippen LogP contribution is -2.34. The zero-order chi connectivity index (χ0) is 13.4. The second-order valence-corrected chi connectivity index (χ2v) is 5.58. The minimum absolute atomic E-state index is 0.469. The Morgan fingerprint density at radius 1 is 1.15 bits per heavy atom. The number of aromatic nitrogens is 5. The van der Waals surface area contributed by atoms with Gasteiger partial charge in [-0.25, -0.2) is 15.0 Å². The first-order valence-corrected chi connectivity index (χ1v) is 7.33. The molecule has 0 spiro atoms. The Kier molecular flexibility index (Phi) is 2.86. The molecule has 2 aromatic heterocycles. The van der Waals surface area contributed by atoms with Gasteiger partial charge >= 0.3 is 0 Å². The summed E-state index contributed by atoms with van der Waals surface area (Å²) in [6.45, 7) is 1.97. The summed E-state index contributed by atoms with van der Waals surface area (Å²) in [5.41, 5.74) is 2.62. The van der Waals surface area contributed by atoms with Gasteiger partial charge in [0.2, 0.25) is 0 Å². The van der Waals surface area contributed by atoms with Gasteiger partial charge in [-0.15, -0.1) is 0 Å². The van der Waals surface area contributed by atoms with Crippen LogP contribution in [0.25, 0.3) is 0 Å². The van der Waals surface area contributed by atoms with Gasteiger partial charge in [0, 0.05) is 17.8 Å². The van der Waals surface area contributed by atoms with Gasteiger partial charge in [0.15, 0.2) is 0 Å². The van der Waals surface area contributed by atoms with E-state index in [2.05, 4.69) is 25.0 Å². The molecular weight excluding hydrogens is 252 g/mol. The van der Waals surface area contributed by atoms with E-state index >= 15 is 0 Å². The summed E-state index contributed by atoms with van der Waals surface area (Å²) in [5.74, 6) is 1.16. The highest BCUT2D eigenvalue weighted by atomic mass is 15.3. The highest BCUT2D eigenvalue weighted by molar-refractivity contribution is 5.51. The van der Waals surface area contributed by atoms with Gasteiger partial charge in [-0.1, -0.05) is 0 Å². The molecule has 1 saturated heterocycles. The molecule has 0 bridgehead atoms. The van der Waals surface area contributed by atoms with E-state index in [1.807, 2.05) is 4.68 Å². The summed E-state index contributed by atoms with van der Waals surface area (Å²) < 4.78 is 1.92. The van der Waals surface area contributed by atoms with Crippen LogP contribution in [0.1, 0.15) is 30.5 Å². The van der Waals surface area contributed by atoms with Crippen LogP contribution in [-0.4, -0.2) is 37.3 Å². The van der Waals surface area contributed by atoms with E-state index in [9.17, 15) is 0 Å². The van der Waals surface area contributed by atoms with Gasteiger partial charge < -0.3 is 4.90 Å². The maximum absolute atomic E-state index is 4.58. The van der Waals surface area contributed by atoms with Crippen LogP contribution in [0.3, 0.4) is 0 Å². The first-order chi connectivity index (χ1) is 9.92. The first kappa shape index (κ1) is 11.8. The predicted molar refractivity (Wildman–Crippen MR) is 74.4 cm³/mol. The lowest BCUT2D eigenvalue weighted by molar-refractivity contribution is 0.505. The van der Waals surface area contributed by atoms with Crippen LogP contribution in [-0.2, 0) is 19.4 Å². The normalized spacial score (nSPS) is 21.4. The average Bonchev–Trinajstić information content (AvgIpc) is 3.19. The molecule has 4 rings (SSSR count). The molecule has 0 N–H and O–H groups in total. The second-order valence-electron chi connectivity index (χ2n) is 5.58. The van der Waals surface area contributed by atoms with Crippen molar-refractivity contribution < 1.29 is 0 Å². The van der Waals surface area contributed by atoms with Crippen LogP contribution in [0.4, 0.5) is 5.82 Å². The molecule has 20 heavy (non-hydrogen) atoms. The van der Waals surface area contributed by atoms with Crippen LogP contribution in [0.5, 0.6) is 0 Å². The van der Waals surface area contributed by atoms with Gasteiger partial charge in [0.05, 0.1) is 12.6 Å². The molecule has 6 nitrogen and oxygen atoms in total. The number of aryl methyl sites for hydroxylation is 1. The highest BCUT2D eigenvalue weighted by Gasteiger charge is 2.30. The smallest absolute Gasteiger partial charge is 0.137 e. The van der Waals surface area contributed by atoms with Crippen molar-refractivity contribution in [2.45, 2.75) is 44.7 Å². The van der Waals surface area contributed by atoms with Crippen molar-refractivity contribution in [3.05, 3.63) is 30.2 Å². The van der Waals surface area contributed by atoms with Crippen molar-refractivity contribution in [3.8, 4) is 0 Å². The molecule has 3 heterocycles. The summed E-state index contributed by atoms with van der Waals surface area (Å²) in [6, 6.07) is 0.469. The largest absolute Gasteiger partial charge is 0.351 e. The summed E-state index contributed by atoms with van der Waals surface area (Å²) in [5, 5.41) is 4.23. The molecule has 2 aromatic rings. The zero-order valence-electron chi connectivity index (χ0n) is 11.4. The van der Waals surface area contributed by atoms with Crippen molar-refractivity contribution in [2.75, 3.05) is 11.4 Å². The number of anilines is 1. The molecule has 1 atom stereocenters. The third-order valence-electron chi connectivity index (χ3n) is 4.37. The van der Waals surface area contributed by atoms with Gasteiger partial charge in [-0.2, -0.15) is 5.10 Å². The maximum atomic E-state index is 4.58. The van der Waals surface area contributed by atoms with E-state index < -0.39 is 0 Å². The molecule has 6 heteroatoms. The fraction of sp³-hybridized carbons (Fsp3) is 0.571. The van der Waals surface area contributed by atoms with Gasteiger partial charge in [-0.05, 0) is 32.1 Å². The number of nitrogens with zero attached hydrogens (tertiary/aromatic N) is 6. The number of hydrogen-bond donors (Lipinski definition) is 0. The second kappa shape index (κ2) is 4.85. The first-order valence-electron chi connectivity index (χ1n) is 7.33. The van der Waals surface area contributed by atoms with E-state index in [-0.39, 0.29) is 0 Å². The lowest BCUT2D eigenvalue weighted by atomic mass is 10.2. The van der Waals surface area contributed by atoms with E-state index in [1.165, 1.54) is 30.5 Å². The molecule has 1 aliphatic heterocycles. The van der Waals surface area contributed by atoms with Crippen LogP contribution in [0, 0.1) is 0 Å². The Bertz CT molecular complexity index is 594. The van der Waals surface area contributed by atoms with Gasteiger partial charge in [-0.3, -0.25) is 4.68 Å². The van der Waals surface area contributed by atoms with Crippen LogP contribution in [0.2, 0.25) is 0 Å².